The molecule has 1 heterocycles. The number of fused-ring (bicyclic) bond motifs is 1. The third-order valence-corrected chi connectivity index (χ3v) is 5.18. The lowest BCUT2D eigenvalue weighted by molar-refractivity contribution is -0.311. The van der Waals surface area contributed by atoms with Crippen molar-refractivity contribution in [3.63, 3.8) is 0 Å². The molecule has 0 spiro atoms. The van der Waals surface area contributed by atoms with Crippen LogP contribution in [0.25, 0.3) is 0 Å². The number of halogens is 2. The highest BCUT2D eigenvalue weighted by Crippen LogP contribution is 2.29. The largest absolute Gasteiger partial charge is 0.550 e. The summed E-state index contributed by atoms with van der Waals surface area (Å²) in [5, 5.41) is 15.0. The molecule has 1 aliphatic rings. The molecule has 3 rings (SSSR count). The molecular formula is C19H16BrClN3O3-. The van der Waals surface area contributed by atoms with Gasteiger partial charge in [-0.2, -0.15) is 0 Å². The van der Waals surface area contributed by atoms with Gasteiger partial charge in [-0.3, -0.25) is 9.79 Å². The Hall–Kier alpha value is -2.22. The minimum Gasteiger partial charge on any atom is -0.550 e. The fourth-order valence-electron chi connectivity index (χ4n) is 2.97. The monoisotopic (exact) mass is 448 g/mol. The van der Waals surface area contributed by atoms with Gasteiger partial charge in [0.05, 0.1) is 12.3 Å². The number of benzene rings is 2. The fraction of sp³-hybridized carbons (Fsp3) is 0.211. The number of aliphatic carboxylic acids is 1. The molecule has 0 radical (unpaired) electrons. The van der Waals surface area contributed by atoms with Gasteiger partial charge in [0.25, 0.3) is 0 Å². The van der Waals surface area contributed by atoms with Crippen molar-refractivity contribution in [2.75, 3.05) is 18.4 Å². The van der Waals surface area contributed by atoms with E-state index in [0.717, 1.165) is 4.47 Å². The van der Waals surface area contributed by atoms with E-state index in [1.165, 1.54) is 0 Å². The molecule has 27 heavy (non-hydrogen) atoms. The highest BCUT2D eigenvalue weighted by Gasteiger charge is 2.31. The molecule has 0 fully saturated rings. The Labute approximate surface area is 169 Å². The van der Waals surface area contributed by atoms with Crippen LogP contribution in [0.5, 0.6) is 0 Å². The Morgan fingerprint density at radius 1 is 1.33 bits per heavy atom. The van der Waals surface area contributed by atoms with Crippen LogP contribution < -0.4 is 16.2 Å². The van der Waals surface area contributed by atoms with Crippen LogP contribution in [0.2, 0.25) is 5.02 Å². The minimum absolute atomic E-state index is 0.0671. The van der Waals surface area contributed by atoms with Crippen molar-refractivity contribution in [2.45, 2.75) is 6.04 Å². The van der Waals surface area contributed by atoms with E-state index >= 15 is 0 Å². The number of carbonyl (C=O) groups excluding carboxylic acids is 2. The molecule has 0 saturated heterocycles. The summed E-state index contributed by atoms with van der Waals surface area (Å²) in [6, 6.07) is 11.4. The first-order valence-electron chi connectivity index (χ1n) is 8.22. The predicted molar refractivity (Wildman–Crippen MR) is 106 cm³/mol. The van der Waals surface area contributed by atoms with Crippen molar-refractivity contribution in [3.05, 3.63) is 63.1 Å². The van der Waals surface area contributed by atoms with Crippen LogP contribution in [-0.4, -0.2) is 36.6 Å². The number of carboxylic acids is 1. The van der Waals surface area contributed by atoms with Crippen molar-refractivity contribution < 1.29 is 14.7 Å². The molecule has 6 nitrogen and oxygen atoms in total. The topological polar surface area (TPSA) is 108 Å². The molecule has 2 aromatic carbocycles. The number of carboxylic acid groups (broad SMARTS) is 1. The number of nitrogens with two attached hydrogens (primary N) is 1. The summed E-state index contributed by atoms with van der Waals surface area (Å²) in [6.45, 7) is -0.328. The highest BCUT2D eigenvalue weighted by molar-refractivity contribution is 9.10. The summed E-state index contributed by atoms with van der Waals surface area (Å²) in [5.74, 6) is -3.02. The minimum atomic E-state index is -1.41. The van der Waals surface area contributed by atoms with Crippen LogP contribution in [0, 0.1) is 5.92 Å². The maximum Gasteiger partial charge on any atom is 0.176 e. The second-order valence-electron chi connectivity index (χ2n) is 6.07. The number of nitrogens with one attached hydrogen (secondary N) is 1. The third kappa shape index (κ3) is 4.05. The number of hydrogen-bond donors (Lipinski definition) is 2. The van der Waals surface area contributed by atoms with Gasteiger partial charge in [0.2, 0.25) is 0 Å². The number of ketones is 1. The zero-order chi connectivity index (χ0) is 19.6. The van der Waals surface area contributed by atoms with Crippen molar-refractivity contribution in [1.29, 1.82) is 0 Å². The summed E-state index contributed by atoms with van der Waals surface area (Å²) in [5.41, 5.74) is 8.00. The molecule has 3 N–H and O–H groups in total. The molecular weight excluding hydrogens is 434 g/mol. The Morgan fingerprint density at radius 2 is 2.07 bits per heavy atom. The molecule has 2 atom stereocenters. The number of hydrogen-bond acceptors (Lipinski definition) is 6. The van der Waals surface area contributed by atoms with Gasteiger partial charge in [0.15, 0.2) is 5.78 Å². The molecule has 8 heteroatoms. The van der Waals surface area contributed by atoms with E-state index in [1.807, 2.05) is 18.2 Å². The number of Topliss-reactive ketones (excluding diaryl/α,β-unsaturated/α-hetero) is 1. The van der Waals surface area contributed by atoms with Gasteiger partial charge in [-0.1, -0.05) is 45.7 Å². The number of rotatable bonds is 4. The third-order valence-electron chi connectivity index (χ3n) is 4.35. The summed E-state index contributed by atoms with van der Waals surface area (Å²) < 4.78 is 0.807. The van der Waals surface area contributed by atoms with Crippen molar-refractivity contribution in [3.8, 4) is 0 Å². The molecule has 1 aliphatic heterocycles. The van der Waals surface area contributed by atoms with Crippen LogP contribution in [-0.2, 0) is 9.59 Å². The molecule has 0 saturated carbocycles. The Kier molecular flexibility index (Phi) is 5.94. The quantitative estimate of drug-likeness (QED) is 0.737. The number of nitrogens with zero attached hydrogens (tertiary/aromatic N) is 1. The van der Waals surface area contributed by atoms with Gasteiger partial charge in [-0.05, 0) is 24.3 Å². The standard InChI is InChI=1S/C19H17BrClN3O3/c20-10-5-6-15-12(7-10)17(11-3-1-2-4-14(11)21)24-18(16(25)9-23-15)13(8-22)19(26)27/h1-7,13,18,23H,8-9,22H2,(H,26,27)/p-1. The van der Waals surface area contributed by atoms with E-state index in [0.29, 0.717) is 27.5 Å². The smallest absolute Gasteiger partial charge is 0.176 e. The van der Waals surface area contributed by atoms with E-state index < -0.39 is 17.9 Å². The maximum atomic E-state index is 12.7. The Balaban J connectivity index is 2.28. The van der Waals surface area contributed by atoms with E-state index in [1.54, 1.807) is 24.3 Å². The second-order valence-corrected chi connectivity index (χ2v) is 7.40. The van der Waals surface area contributed by atoms with Gasteiger partial charge < -0.3 is 21.0 Å². The SMILES string of the molecule is NCC(C(=O)[O-])C1N=C(c2ccccc2Cl)c2cc(Br)ccc2NCC1=O. The molecule has 0 amide bonds. The van der Waals surface area contributed by atoms with E-state index in [4.69, 9.17) is 17.3 Å². The van der Waals surface area contributed by atoms with Gasteiger partial charge in [0.1, 0.15) is 6.04 Å². The Bertz CT molecular complexity index is 932. The molecule has 0 aliphatic carbocycles. The first-order valence-corrected chi connectivity index (χ1v) is 9.39. The van der Waals surface area contributed by atoms with Crippen LogP contribution in [0.1, 0.15) is 11.1 Å². The number of anilines is 1. The Morgan fingerprint density at radius 3 is 2.74 bits per heavy atom. The number of carbonyl (C=O) groups is 2. The summed E-state index contributed by atoms with van der Waals surface area (Å²) in [6.07, 6.45) is 0. The molecule has 0 bridgehead atoms. The second kappa shape index (κ2) is 8.21. The zero-order valence-electron chi connectivity index (χ0n) is 14.1. The molecule has 0 aromatic heterocycles. The highest BCUT2D eigenvalue weighted by atomic mass is 79.9. The average Bonchev–Trinajstić information content (AvgIpc) is 2.63. The number of aliphatic imine (C=N–C) groups is 1. The van der Waals surface area contributed by atoms with Crippen molar-refractivity contribution in [1.82, 2.24) is 0 Å². The summed E-state index contributed by atoms with van der Waals surface area (Å²) >= 11 is 9.81. The maximum absolute atomic E-state index is 12.7. The van der Waals surface area contributed by atoms with Crippen LogP contribution in [0.3, 0.4) is 0 Å². The summed E-state index contributed by atoms with van der Waals surface area (Å²) in [4.78, 5) is 28.7. The van der Waals surface area contributed by atoms with E-state index in [2.05, 4.69) is 26.2 Å². The lowest BCUT2D eigenvalue weighted by atomic mass is 9.93. The first kappa shape index (κ1) is 19.5. The van der Waals surface area contributed by atoms with Crippen LogP contribution in [0.15, 0.2) is 51.9 Å². The fourth-order valence-corrected chi connectivity index (χ4v) is 3.56. The van der Waals surface area contributed by atoms with Crippen molar-refractivity contribution >= 4 is 50.7 Å². The average molecular weight is 450 g/mol. The molecule has 140 valence electrons. The molecule has 2 aromatic rings. The zero-order valence-corrected chi connectivity index (χ0v) is 16.5. The molecule has 2 unspecified atom stereocenters. The van der Waals surface area contributed by atoms with Gasteiger partial charge in [-0.15, -0.1) is 0 Å². The lowest BCUT2D eigenvalue weighted by Gasteiger charge is -2.27. The van der Waals surface area contributed by atoms with Gasteiger partial charge in [0, 0.05) is 44.7 Å². The van der Waals surface area contributed by atoms with Crippen LogP contribution in [0.4, 0.5) is 5.69 Å². The first-order chi connectivity index (χ1) is 12.9. The van der Waals surface area contributed by atoms with Gasteiger partial charge in [-0.25, -0.2) is 0 Å². The van der Waals surface area contributed by atoms with Crippen molar-refractivity contribution in [2.24, 2.45) is 16.6 Å². The van der Waals surface area contributed by atoms with Gasteiger partial charge >= 0.3 is 0 Å². The van der Waals surface area contributed by atoms with E-state index in [-0.39, 0.29) is 18.9 Å². The summed E-state index contributed by atoms with van der Waals surface area (Å²) in [7, 11) is 0. The van der Waals surface area contributed by atoms with Crippen LogP contribution >= 0.6 is 27.5 Å². The predicted octanol–water partition coefficient (Wildman–Crippen LogP) is 1.63. The van der Waals surface area contributed by atoms with E-state index in [9.17, 15) is 14.7 Å². The normalized spacial score (nSPS) is 17.8. The lowest BCUT2D eigenvalue weighted by Crippen LogP contribution is -2.47.